The van der Waals surface area contributed by atoms with Crippen LogP contribution in [-0.4, -0.2) is 31.0 Å². The van der Waals surface area contributed by atoms with Gasteiger partial charge in [-0.2, -0.15) is 0 Å². The standard InChI is InChI=1S/C19H20N2O5/c1-3-25-17-9-7-14(8-10-17)19(24)26-12-18(23)21-16-6-4-5-15(11-16)20-13(2)22/h4-11H,3,12H2,1-2H3,(H,20,22)(H,21,23). The minimum atomic E-state index is -0.602. The Bertz CT molecular complexity index is 787. The molecule has 0 heterocycles. The van der Waals surface area contributed by atoms with Crippen LogP contribution in [0, 0.1) is 0 Å². The quantitative estimate of drug-likeness (QED) is 0.744. The van der Waals surface area contributed by atoms with E-state index in [0.717, 1.165) is 0 Å². The number of amides is 2. The number of ether oxygens (including phenoxy) is 2. The number of hydrogen-bond acceptors (Lipinski definition) is 5. The lowest BCUT2D eigenvalue weighted by Gasteiger charge is -2.09. The summed E-state index contributed by atoms with van der Waals surface area (Å²) in [6.07, 6.45) is 0. The van der Waals surface area contributed by atoms with E-state index < -0.39 is 18.5 Å². The highest BCUT2D eigenvalue weighted by Gasteiger charge is 2.11. The number of hydrogen-bond donors (Lipinski definition) is 2. The van der Waals surface area contributed by atoms with E-state index in [2.05, 4.69) is 10.6 Å². The highest BCUT2D eigenvalue weighted by molar-refractivity contribution is 5.96. The summed E-state index contributed by atoms with van der Waals surface area (Å²) < 4.78 is 10.3. The molecule has 2 N–H and O–H groups in total. The van der Waals surface area contributed by atoms with Gasteiger partial charge in [-0.1, -0.05) is 6.07 Å². The van der Waals surface area contributed by atoms with Crippen molar-refractivity contribution in [1.82, 2.24) is 0 Å². The molecule has 0 radical (unpaired) electrons. The third kappa shape index (κ3) is 5.94. The minimum absolute atomic E-state index is 0.210. The van der Waals surface area contributed by atoms with Crippen LogP contribution in [0.2, 0.25) is 0 Å². The number of anilines is 2. The van der Waals surface area contributed by atoms with Gasteiger partial charge < -0.3 is 20.1 Å². The fraction of sp³-hybridized carbons (Fsp3) is 0.211. The molecule has 2 rings (SSSR count). The molecule has 7 heteroatoms. The van der Waals surface area contributed by atoms with E-state index in [0.29, 0.717) is 29.3 Å². The van der Waals surface area contributed by atoms with Gasteiger partial charge in [0.05, 0.1) is 12.2 Å². The van der Waals surface area contributed by atoms with Crippen molar-refractivity contribution >= 4 is 29.2 Å². The van der Waals surface area contributed by atoms with Crippen LogP contribution in [0.3, 0.4) is 0 Å². The molecule has 0 aliphatic heterocycles. The van der Waals surface area contributed by atoms with Crippen LogP contribution in [0.25, 0.3) is 0 Å². The Morgan fingerprint density at radius 2 is 1.62 bits per heavy atom. The molecule has 0 bridgehead atoms. The van der Waals surface area contributed by atoms with Gasteiger partial charge in [0.2, 0.25) is 5.91 Å². The first-order valence-corrected chi connectivity index (χ1v) is 8.05. The Morgan fingerprint density at radius 1 is 0.962 bits per heavy atom. The van der Waals surface area contributed by atoms with Crippen LogP contribution in [0.4, 0.5) is 11.4 Å². The van der Waals surface area contributed by atoms with Gasteiger partial charge >= 0.3 is 5.97 Å². The zero-order chi connectivity index (χ0) is 18.9. The first-order valence-electron chi connectivity index (χ1n) is 8.05. The second-order valence-electron chi connectivity index (χ2n) is 5.34. The summed E-state index contributed by atoms with van der Waals surface area (Å²) in [7, 11) is 0. The third-order valence-electron chi connectivity index (χ3n) is 3.20. The topological polar surface area (TPSA) is 93.7 Å². The van der Waals surface area contributed by atoms with Crippen LogP contribution in [-0.2, 0) is 14.3 Å². The van der Waals surface area contributed by atoms with Crippen LogP contribution < -0.4 is 15.4 Å². The number of carbonyl (C=O) groups is 3. The van der Waals surface area contributed by atoms with E-state index in [9.17, 15) is 14.4 Å². The predicted molar refractivity (Wildman–Crippen MR) is 97.3 cm³/mol. The van der Waals surface area contributed by atoms with E-state index in [1.54, 1.807) is 48.5 Å². The molecular weight excluding hydrogens is 336 g/mol. The lowest BCUT2D eigenvalue weighted by molar-refractivity contribution is -0.119. The molecule has 0 aliphatic carbocycles. The second-order valence-corrected chi connectivity index (χ2v) is 5.34. The Kier molecular flexibility index (Phi) is 6.73. The Balaban J connectivity index is 1.86. The Morgan fingerprint density at radius 3 is 2.23 bits per heavy atom. The molecule has 2 amide bonds. The molecule has 0 spiro atoms. The second kappa shape index (κ2) is 9.22. The Hall–Kier alpha value is -3.35. The predicted octanol–water partition coefficient (Wildman–Crippen LogP) is 2.84. The largest absolute Gasteiger partial charge is 0.494 e. The van der Waals surface area contributed by atoms with Gasteiger partial charge in [0.15, 0.2) is 6.61 Å². The Labute approximate surface area is 151 Å². The molecule has 0 fully saturated rings. The zero-order valence-electron chi connectivity index (χ0n) is 14.6. The van der Waals surface area contributed by atoms with E-state index >= 15 is 0 Å². The minimum Gasteiger partial charge on any atom is -0.494 e. The van der Waals surface area contributed by atoms with Crippen LogP contribution in [0.15, 0.2) is 48.5 Å². The van der Waals surface area contributed by atoms with Gasteiger partial charge in [-0.25, -0.2) is 4.79 Å². The van der Waals surface area contributed by atoms with Crippen molar-refractivity contribution in [3.8, 4) is 5.75 Å². The van der Waals surface area contributed by atoms with Crippen LogP contribution >= 0.6 is 0 Å². The average molecular weight is 356 g/mol. The zero-order valence-corrected chi connectivity index (χ0v) is 14.6. The summed E-state index contributed by atoms with van der Waals surface area (Å²) in [5.74, 6) is -0.641. The van der Waals surface area contributed by atoms with Crippen molar-refractivity contribution < 1.29 is 23.9 Å². The molecule has 0 aromatic heterocycles. The molecule has 136 valence electrons. The van der Waals surface area contributed by atoms with Crippen LogP contribution in [0.5, 0.6) is 5.75 Å². The lowest BCUT2D eigenvalue weighted by Crippen LogP contribution is -2.21. The van der Waals surface area contributed by atoms with Gasteiger partial charge in [-0.15, -0.1) is 0 Å². The number of benzene rings is 2. The van der Waals surface area contributed by atoms with Crippen molar-refractivity contribution in [2.75, 3.05) is 23.8 Å². The van der Waals surface area contributed by atoms with E-state index in [4.69, 9.17) is 9.47 Å². The fourth-order valence-electron chi connectivity index (χ4n) is 2.14. The van der Waals surface area contributed by atoms with Crippen molar-refractivity contribution in [2.24, 2.45) is 0 Å². The van der Waals surface area contributed by atoms with Crippen LogP contribution in [0.1, 0.15) is 24.2 Å². The van der Waals surface area contributed by atoms with Gasteiger partial charge in [-0.05, 0) is 49.4 Å². The smallest absolute Gasteiger partial charge is 0.338 e. The van der Waals surface area contributed by atoms with E-state index in [-0.39, 0.29) is 5.91 Å². The van der Waals surface area contributed by atoms with Crippen molar-refractivity contribution in [3.05, 3.63) is 54.1 Å². The maximum Gasteiger partial charge on any atom is 0.338 e. The van der Waals surface area contributed by atoms with E-state index in [1.165, 1.54) is 6.92 Å². The molecule has 26 heavy (non-hydrogen) atoms. The van der Waals surface area contributed by atoms with Gasteiger partial charge in [0.1, 0.15) is 5.75 Å². The van der Waals surface area contributed by atoms with Gasteiger partial charge in [0, 0.05) is 18.3 Å². The molecule has 7 nitrogen and oxygen atoms in total. The summed E-state index contributed by atoms with van der Waals surface area (Å²) in [5, 5.41) is 5.22. The first-order chi connectivity index (χ1) is 12.5. The maximum absolute atomic E-state index is 12.0. The number of nitrogens with one attached hydrogen (secondary N) is 2. The van der Waals surface area contributed by atoms with Crippen molar-refractivity contribution in [1.29, 1.82) is 0 Å². The molecular formula is C19H20N2O5. The number of esters is 1. The van der Waals surface area contributed by atoms with Gasteiger partial charge in [-0.3, -0.25) is 9.59 Å². The summed E-state index contributed by atoms with van der Waals surface area (Å²) in [4.78, 5) is 34.9. The summed E-state index contributed by atoms with van der Waals surface area (Å²) in [6.45, 7) is 3.38. The van der Waals surface area contributed by atoms with Gasteiger partial charge in [0.25, 0.3) is 5.91 Å². The highest BCUT2D eigenvalue weighted by Crippen LogP contribution is 2.15. The molecule has 2 aromatic rings. The lowest BCUT2D eigenvalue weighted by atomic mass is 10.2. The summed E-state index contributed by atoms with van der Waals surface area (Å²) >= 11 is 0. The number of carbonyl (C=O) groups excluding carboxylic acids is 3. The monoisotopic (exact) mass is 356 g/mol. The molecule has 0 saturated carbocycles. The average Bonchev–Trinajstić information content (AvgIpc) is 2.60. The highest BCUT2D eigenvalue weighted by atomic mass is 16.5. The normalized spacial score (nSPS) is 9.92. The fourth-order valence-corrected chi connectivity index (χ4v) is 2.14. The molecule has 2 aromatic carbocycles. The SMILES string of the molecule is CCOc1ccc(C(=O)OCC(=O)Nc2cccc(NC(C)=O)c2)cc1. The summed E-state index contributed by atoms with van der Waals surface area (Å²) in [5.41, 5.74) is 1.37. The summed E-state index contributed by atoms with van der Waals surface area (Å²) in [6, 6.07) is 13.1. The molecule has 0 aliphatic rings. The molecule has 0 saturated heterocycles. The van der Waals surface area contributed by atoms with Crippen molar-refractivity contribution in [3.63, 3.8) is 0 Å². The van der Waals surface area contributed by atoms with E-state index in [1.807, 2.05) is 6.92 Å². The van der Waals surface area contributed by atoms with Crippen molar-refractivity contribution in [2.45, 2.75) is 13.8 Å². The third-order valence-corrected chi connectivity index (χ3v) is 3.20. The number of rotatable bonds is 7. The molecule has 0 unspecified atom stereocenters. The maximum atomic E-state index is 12.0. The first kappa shape index (κ1) is 19.0. The molecule has 0 atom stereocenters.